The van der Waals surface area contributed by atoms with Crippen LogP contribution in [0.4, 0.5) is 4.79 Å². The van der Waals surface area contributed by atoms with Gasteiger partial charge in [-0.25, -0.2) is 0 Å². The molecule has 3 heteroatoms. The van der Waals surface area contributed by atoms with Crippen LogP contribution in [0.5, 0.6) is 0 Å². The molecule has 0 bridgehead atoms. The lowest BCUT2D eigenvalue weighted by Gasteiger charge is -2.03. The average Bonchev–Trinajstić information content (AvgIpc) is 1.90. The molecule has 48 valence electrons. The van der Waals surface area contributed by atoms with Crippen molar-refractivity contribution < 1.29 is 4.79 Å². The largest absolute Gasteiger partial charge is 0.374 e. The number of allylic oxidation sites excluding steroid dienone is 3. The lowest BCUT2D eigenvalue weighted by atomic mass is 10.5. The van der Waals surface area contributed by atoms with Gasteiger partial charge in [-0.15, -0.1) is 0 Å². The Morgan fingerprint density at radius 2 is 2.33 bits per heavy atom. The maximum absolute atomic E-state index is 10.6. The van der Waals surface area contributed by atoms with Gasteiger partial charge in [0.1, 0.15) is 0 Å². The fraction of sp³-hybridized carbons (Fsp3) is 0.167. The number of amides is 1. The van der Waals surface area contributed by atoms with E-state index in [4.69, 9.17) is 5.73 Å². The first-order chi connectivity index (χ1) is 4.30. The van der Waals surface area contributed by atoms with Crippen LogP contribution in [0.3, 0.4) is 0 Å². The predicted molar refractivity (Wildman–Crippen MR) is 39.8 cm³/mol. The van der Waals surface area contributed by atoms with Gasteiger partial charge in [0, 0.05) is 0 Å². The lowest BCUT2D eigenvalue weighted by molar-refractivity contribution is 0.265. The first kappa shape index (κ1) is 6.29. The van der Waals surface area contributed by atoms with Crippen LogP contribution in [-0.4, -0.2) is 14.3 Å². The highest BCUT2D eigenvalue weighted by molar-refractivity contribution is 6.93. The van der Waals surface area contributed by atoms with E-state index in [1.165, 1.54) is 0 Å². The van der Waals surface area contributed by atoms with E-state index in [0.29, 0.717) is 0 Å². The van der Waals surface area contributed by atoms with Crippen molar-refractivity contribution in [1.29, 1.82) is 0 Å². The Hall–Kier alpha value is -0.833. The molecular weight excluding hydrogens is 130 g/mol. The molecule has 1 amide bonds. The maximum Gasteiger partial charge on any atom is 0.191 e. The van der Waals surface area contributed by atoms with E-state index in [1.54, 1.807) is 0 Å². The van der Waals surface area contributed by atoms with Gasteiger partial charge in [0.25, 0.3) is 0 Å². The molecule has 0 aromatic rings. The fourth-order valence-electron chi connectivity index (χ4n) is 0.792. The number of hydrogen-bond acceptors (Lipinski definition) is 1. The second-order valence-corrected chi connectivity index (χ2v) is 4.70. The molecule has 0 radical (unpaired) electrons. The lowest BCUT2D eigenvalue weighted by Crippen LogP contribution is -2.29. The molecule has 9 heavy (non-hydrogen) atoms. The number of rotatable bonds is 1. The van der Waals surface area contributed by atoms with Crippen molar-refractivity contribution in [3.63, 3.8) is 0 Å². The van der Waals surface area contributed by atoms with E-state index in [-0.39, 0.29) is 5.53 Å². The van der Waals surface area contributed by atoms with Crippen LogP contribution in [-0.2, 0) is 0 Å². The molecule has 1 atom stereocenters. The van der Waals surface area contributed by atoms with Crippen LogP contribution in [0.15, 0.2) is 23.9 Å². The third-order valence-electron chi connectivity index (χ3n) is 1.35. The second-order valence-electron chi connectivity index (χ2n) is 2.06. The summed E-state index contributed by atoms with van der Waals surface area (Å²) in [6.07, 6.45) is 5.86. The first-order valence-corrected chi connectivity index (χ1v) is 4.99. The van der Waals surface area contributed by atoms with Crippen LogP contribution in [0.25, 0.3) is 0 Å². The quantitative estimate of drug-likeness (QED) is 0.529. The summed E-state index contributed by atoms with van der Waals surface area (Å²) in [6, 6.07) is 0.895. The minimum absolute atomic E-state index is 0.101. The zero-order valence-electron chi connectivity index (χ0n) is 5.08. The number of carbonyl (C=O) groups is 1. The highest BCUT2D eigenvalue weighted by atomic mass is 28.3. The van der Waals surface area contributed by atoms with Gasteiger partial charge in [-0.3, -0.25) is 4.79 Å². The van der Waals surface area contributed by atoms with Gasteiger partial charge in [0.05, 0.1) is 0 Å². The monoisotopic (exact) mass is 139 g/mol. The minimum Gasteiger partial charge on any atom is -0.374 e. The van der Waals surface area contributed by atoms with E-state index >= 15 is 0 Å². The molecular formula is C6H9NOSi. The summed E-state index contributed by atoms with van der Waals surface area (Å²) in [5.74, 6) is 0. The van der Waals surface area contributed by atoms with E-state index in [1.807, 2.05) is 23.9 Å². The standard InChI is InChI=1S/C6H9NOSi/c7-6(8)9-4-2-1-3-5-9/h1-4,9H,5H2,(H2,7,8). The summed E-state index contributed by atoms with van der Waals surface area (Å²) < 4.78 is 0. The van der Waals surface area contributed by atoms with E-state index in [9.17, 15) is 4.79 Å². The van der Waals surface area contributed by atoms with Gasteiger partial charge in [-0.05, 0) is 6.04 Å². The molecule has 0 saturated heterocycles. The Kier molecular flexibility index (Phi) is 1.84. The fourth-order valence-corrected chi connectivity index (χ4v) is 2.22. The molecule has 1 aliphatic heterocycles. The van der Waals surface area contributed by atoms with Crippen molar-refractivity contribution in [2.24, 2.45) is 5.73 Å². The third kappa shape index (κ3) is 1.53. The Labute approximate surface area is 55.7 Å². The zero-order chi connectivity index (χ0) is 6.69. The van der Waals surface area contributed by atoms with Gasteiger partial charge >= 0.3 is 0 Å². The molecule has 0 fully saturated rings. The Bertz CT molecular complexity index is 174. The Morgan fingerprint density at radius 3 is 2.67 bits per heavy atom. The maximum atomic E-state index is 10.6. The van der Waals surface area contributed by atoms with Crippen LogP contribution in [0.2, 0.25) is 6.04 Å². The third-order valence-corrected chi connectivity index (χ3v) is 3.54. The van der Waals surface area contributed by atoms with Crippen molar-refractivity contribution in [3.05, 3.63) is 23.9 Å². The van der Waals surface area contributed by atoms with Crippen LogP contribution in [0.1, 0.15) is 0 Å². The van der Waals surface area contributed by atoms with Gasteiger partial charge in [-0.2, -0.15) is 0 Å². The zero-order valence-corrected chi connectivity index (χ0v) is 6.23. The summed E-state index contributed by atoms with van der Waals surface area (Å²) in [5.41, 5.74) is 6.96. The molecule has 0 aliphatic carbocycles. The number of primary amides is 1. The van der Waals surface area contributed by atoms with E-state index in [2.05, 4.69) is 0 Å². The number of carbonyl (C=O) groups excluding carboxylic acids is 1. The van der Waals surface area contributed by atoms with E-state index in [0.717, 1.165) is 6.04 Å². The summed E-state index contributed by atoms with van der Waals surface area (Å²) in [4.78, 5) is 10.6. The van der Waals surface area contributed by atoms with Gasteiger partial charge in [0.15, 0.2) is 14.3 Å². The van der Waals surface area contributed by atoms with Crippen LogP contribution in [0, 0.1) is 0 Å². The van der Waals surface area contributed by atoms with Crippen LogP contribution < -0.4 is 5.73 Å². The van der Waals surface area contributed by atoms with Crippen molar-refractivity contribution in [3.8, 4) is 0 Å². The summed E-state index contributed by atoms with van der Waals surface area (Å²) >= 11 is 0. The van der Waals surface area contributed by atoms with Crippen molar-refractivity contribution in [2.75, 3.05) is 0 Å². The number of hydrogen-bond donors (Lipinski definition) is 1. The van der Waals surface area contributed by atoms with E-state index < -0.39 is 8.80 Å². The van der Waals surface area contributed by atoms with Gasteiger partial charge in [-0.1, -0.05) is 23.9 Å². The number of nitrogens with two attached hydrogens (primary N) is 1. The Morgan fingerprint density at radius 1 is 1.56 bits per heavy atom. The normalized spacial score (nSPS) is 24.2. The first-order valence-electron chi connectivity index (χ1n) is 2.93. The molecule has 0 spiro atoms. The SMILES string of the molecule is NC(=O)[SiH]1C=CC=CC1. The molecule has 2 N–H and O–H groups in total. The van der Waals surface area contributed by atoms with Gasteiger partial charge in [0.2, 0.25) is 0 Å². The molecule has 1 aliphatic rings. The smallest absolute Gasteiger partial charge is 0.191 e. The van der Waals surface area contributed by atoms with Crippen LogP contribution >= 0.6 is 0 Å². The highest BCUT2D eigenvalue weighted by Crippen LogP contribution is 2.02. The molecule has 1 unspecified atom stereocenters. The van der Waals surface area contributed by atoms with Crippen molar-refractivity contribution in [1.82, 2.24) is 0 Å². The topological polar surface area (TPSA) is 43.1 Å². The molecule has 0 aromatic carbocycles. The average molecular weight is 139 g/mol. The molecule has 0 saturated carbocycles. The summed E-state index contributed by atoms with van der Waals surface area (Å²) in [6.45, 7) is 0. The summed E-state index contributed by atoms with van der Waals surface area (Å²) in [5, 5.41) is 0. The van der Waals surface area contributed by atoms with Crippen molar-refractivity contribution >= 4 is 14.3 Å². The predicted octanol–water partition coefficient (Wildman–Crippen LogP) is 0.539. The minimum atomic E-state index is -1.33. The van der Waals surface area contributed by atoms with Crippen molar-refractivity contribution in [2.45, 2.75) is 6.04 Å². The second kappa shape index (κ2) is 2.64. The highest BCUT2D eigenvalue weighted by Gasteiger charge is 2.12. The summed E-state index contributed by atoms with van der Waals surface area (Å²) in [7, 11) is -1.33. The van der Waals surface area contributed by atoms with Gasteiger partial charge < -0.3 is 5.73 Å². The molecule has 1 rings (SSSR count). The Balaban J connectivity index is 2.56. The molecule has 1 heterocycles. The molecule has 0 aromatic heterocycles. The molecule has 2 nitrogen and oxygen atoms in total.